The lowest BCUT2D eigenvalue weighted by molar-refractivity contribution is -0.145. The molecule has 1 aliphatic heterocycles. The van der Waals surface area contributed by atoms with Gasteiger partial charge in [-0.15, -0.1) is 0 Å². The standard InChI is InChI=1S/C15H19FN2O3/c1-10-3-4-12(16)9-13(10)14(15(20)21)18-7-5-17(6-8-18)11(2)19/h3-4,9,14H,5-8H2,1-2H3,(H,20,21)/t14-/m0/s1. The van der Waals surface area contributed by atoms with Gasteiger partial charge in [0.25, 0.3) is 0 Å². The van der Waals surface area contributed by atoms with Crippen molar-refractivity contribution in [3.05, 3.63) is 35.1 Å². The van der Waals surface area contributed by atoms with Gasteiger partial charge in [-0.2, -0.15) is 0 Å². The summed E-state index contributed by atoms with van der Waals surface area (Å²) in [6, 6.07) is 3.32. The fourth-order valence-corrected chi connectivity index (χ4v) is 2.69. The summed E-state index contributed by atoms with van der Waals surface area (Å²) >= 11 is 0. The van der Waals surface area contributed by atoms with E-state index >= 15 is 0 Å². The van der Waals surface area contributed by atoms with E-state index in [1.165, 1.54) is 19.1 Å². The predicted octanol–water partition coefficient (Wildman–Crippen LogP) is 1.42. The van der Waals surface area contributed by atoms with E-state index in [0.717, 1.165) is 5.56 Å². The zero-order valence-electron chi connectivity index (χ0n) is 12.2. The van der Waals surface area contributed by atoms with E-state index in [0.29, 0.717) is 31.7 Å². The minimum atomic E-state index is -1.00. The first-order chi connectivity index (χ1) is 9.90. The quantitative estimate of drug-likeness (QED) is 0.916. The molecule has 1 atom stereocenters. The number of carboxylic acids is 1. The van der Waals surface area contributed by atoms with Crippen LogP contribution in [0, 0.1) is 12.7 Å². The number of halogens is 1. The van der Waals surface area contributed by atoms with Gasteiger partial charge in [0.2, 0.25) is 5.91 Å². The van der Waals surface area contributed by atoms with E-state index in [1.54, 1.807) is 22.8 Å². The summed E-state index contributed by atoms with van der Waals surface area (Å²) in [5, 5.41) is 9.52. The molecular formula is C15H19FN2O3. The monoisotopic (exact) mass is 294 g/mol. The molecule has 0 spiro atoms. The molecule has 0 aromatic heterocycles. The lowest BCUT2D eigenvalue weighted by atomic mass is 9.99. The minimum Gasteiger partial charge on any atom is -0.480 e. The number of benzene rings is 1. The van der Waals surface area contributed by atoms with Crippen LogP contribution in [0.3, 0.4) is 0 Å². The Morgan fingerprint density at radius 2 is 1.86 bits per heavy atom. The maximum Gasteiger partial charge on any atom is 0.325 e. The van der Waals surface area contributed by atoms with Crippen LogP contribution in [0.5, 0.6) is 0 Å². The summed E-state index contributed by atoms with van der Waals surface area (Å²) in [5.41, 5.74) is 1.22. The first-order valence-corrected chi connectivity index (χ1v) is 6.88. The predicted molar refractivity (Wildman–Crippen MR) is 75.3 cm³/mol. The van der Waals surface area contributed by atoms with Crippen LogP contribution >= 0.6 is 0 Å². The molecule has 6 heteroatoms. The van der Waals surface area contributed by atoms with Crippen LogP contribution in [-0.4, -0.2) is 53.0 Å². The van der Waals surface area contributed by atoms with Gasteiger partial charge in [-0.05, 0) is 30.2 Å². The van der Waals surface area contributed by atoms with Crippen LogP contribution in [0.4, 0.5) is 4.39 Å². The molecule has 1 amide bonds. The summed E-state index contributed by atoms with van der Waals surface area (Å²) in [7, 11) is 0. The third kappa shape index (κ3) is 3.39. The summed E-state index contributed by atoms with van der Waals surface area (Å²) in [4.78, 5) is 26.4. The molecule has 1 aliphatic rings. The number of carbonyl (C=O) groups excluding carboxylic acids is 1. The molecule has 2 rings (SSSR count). The van der Waals surface area contributed by atoms with Crippen LogP contribution in [0.1, 0.15) is 24.1 Å². The average molecular weight is 294 g/mol. The van der Waals surface area contributed by atoms with Gasteiger partial charge in [0.05, 0.1) is 0 Å². The second-order valence-electron chi connectivity index (χ2n) is 5.28. The molecule has 0 saturated carbocycles. The first-order valence-electron chi connectivity index (χ1n) is 6.88. The van der Waals surface area contributed by atoms with Gasteiger partial charge in [-0.25, -0.2) is 4.39 Å². The SMILES string of the molecule is CC(=O)N1CCN([C@H](C(=O)O)c2cc(F)ccc2C)CC1. The van der Waals surface area contributed by atoms with Crippen molar-refractivity contribution in [1.82, 2.24) is 9.80 Å². The molecule has 114 valence electrons. The number of hydrogen-bond donors (Lipinski definition) is 1. The molecule has 1 fully saturated rings. The van der Waals surface area contributed by atoms with Crippen molar-refractivity contribution in [2.45, 2.75) is 19.9 Å². The van der Waals surface area contributed by atoms with E-state index in [1.807, 2.05) is 0 Å². The van der Waals surface area contributed by atoms with Crippen molar-refractivity contribution >= 4 is 11.9 Å². The van der Waals surface area contributed by atoms with Crippen LogP contribution in [0.15, 0.2) is 18.2 Å². The average Bonchev–Trinajstić information content (AvgIpc) is 2.43. The third-order valence-corrected chi connectivity index (χ3v) is 3.89. The largest absolute Gasteiger partial charge is 0.480 e. The maximum absolute atomic E-state index is 13.4. The van der Waals surface area contributed by atoms with Gasteiger partial charge in [0.1, 0.15) is 11.9 Å². The van der Waals surface area contributed by atoms with Gasteiger partial charge >= 0.3 is 5.97 Å². The number of aryl methyl sites for hydroxylation is 1. The summed E-state index contributed by atoms with van der Waals surface area (Å²) in [6.07, 6.45) is 0. The number of rotatable bonds is 3. The van der Waals surface area contributed by atoms with Crippen LogP contribution in [-0.2, 0) is 9.59 Å². The molecular weight excluding hydrogens is 275 g/mol. The highest BCUT2D eigenvalue weighted by atomic mass is 19.1. The molecule has 0 unspecified atom stereocenters. The smallest absolute Gasteiger partial charge is 0.325 e. The zero-order valence-corrected chi connectivity index (χ0v) is 12.2. The highest BCUT2D eigenvalue weighted by molar-refractivity contribution is 5.76. The third-order valence-electron chi connectivity index (χ3n) is 3.89. The van der Waals surface area contributed by atoms with E-state index in [9.17, 15) is 19.1 Å². The van der Waals surface area contributed by atoms with Gasteiger partial charge in [-0.3, -0.25) is 14.5 Å². The Kier molecular flexibility index (Phi) is 4.57. The number of aliphatic carboxylic acids is 1. The number of hydrogen-bond acceptors (Lipinski definition) is 3. The fourth-order valence-electron chi connectivity index (χ4n) is 2.69. The summed E-state index contributed by atoms with van der Waals surface area (Å²) in [6.45, 7) is 5.19. The molecule has 1 N–H and O–H groups in total. The van der Waals surface area contributed by atoms with E-state index in [-0.39, 0.29) is 5.91 Å². The van der Waals surface area contributed by atoms with Crippen molar-refractivity contribution in [3.8, 4) is 0 Å². The number of nitrogens with zero attached hydrogens (tertiary/aromatic N) is 2. The Labute approximate surface area is 123 Å². The molecule has 0 aliphatic carbocycles. The van der Waals surface area contributed by atoms with Crippen molar-refractivity contribution in [3.63, 3.8) is 0 Å². The minimum absolute atomic E-state index is 0.0107. The molecule has 21 heavy (non-hydrogen) atoms. The number of amides is 1. The lowest BCUT2D eigenvalue weighted by Gasteiger charge is -2.37. The van der Waals surface area contributed by atoms with E-state index in [4.69, 9.17) is 0 Å². The second-order valence-corrected chi connectivity index (χ2v) is 5.28. The molecule has 0 bridgehead atoms. The number of piperazine rings is 1. The summed E-state index contributed by atoms with van der Waals surface area (Å²) in [5.74, 6) is -1.45. The molecule has 1 saturated heterocycles. The van der Waals surface area contributed by atoms with Crippen LogP contribution in [0.25, 0.3) is 0 Å². The normalized spacial score (nSPS) is 17.6. The van der Waals surface area contributed by atoms with Crippen LogP contribution in [0.2, 0.25) is 0 Å². The highest BCUT2D eigenvalue weighted by Gasteiger charge is 2.32. The lowest BCUT2D eigenvalue weighted by Crippen LogP contribution is -2.50. The molecule has 5 nitrogen and oxygen atoms in total. The van der Waals surface area contributed by atoms with Crippen molar-refractivity contribution in [2.75, 3.05) is 26.2 Å². The Morgan fingerprint density at radius 1 is 1.24 bits per heavy atom. The van der Waals surface area contributed by atoms with Crippen molar-refractivity contribution in [2.24, 2.45) is 0 Å². The van der Waals surface area contributed by atoms with Crippen molar-refractivity contribution < 1.29 is 19.1 Å². The Morgan fingerprint density at radius 3 is 2.38 bits per heavy atom. The van der Waals surface area contributed by atoms with Gasteiger partial charge < -0.3 is 10.0 Å². The van der Waals surface area contributed by atoms with E-state index in [2.05, 4.69) is 0 Å². The Balaban J connectivity index is 2.23. The van der Waals surface area contributed by atoms with Gasteiger partial charge in [-0.1, -0.05) is 6.07 Å². The highest BCUT2D eigenvalue weighted by Crippen LogP contribution is 2.26. The zero-order chi connectivity index (χ0) is 15.6. The maximum atomic E-state index is 13.4. The second kappa shape index (κ2) is 6.22. The van der Waals surface area contributed by atoms with E-state index < -0.39 is 17.8 Å². The van der Waals surface area contributed by atoms with Crippen molar-refractivity contribution in [1.29, 1.82) is 0 Å². The molecule has 0 radical (unpaired) electrons. The molecule has 1 heterocycles. The fraction of sp³-hybridized carbons (Fsp3) is 0.467. The van der Waals surface area contributed by atoms with Gasteiger partial charge in [0.15, 0.2) is 0 Å². The topological polar surface area (TPSA) is 60.9 Å². The summed E-state index contributed by atoms with van der Waals surface area (Å²) < 4.78 is 13.4. The Bertz CT molecular complexity index is 554. The van der Waals surface area contributed by atoms with Crippen LogP contribution < -0.4 is 0 Å². The first kappa shape index (κ1) is 15.4. The number of carbonyl (C=O) groups is 2. The molecule has 1 aromatic rings. The Hall–Kier alpha value is -1.95. The molecule has 1 aromatic carbocycles. The number of carboxylic acid groups (broad SMARTS) is 1. The van der Waals surface area contributed by atoms with Gasteiger partial charge in [0, 0.05) is 33.1 Å².